The van der Waals surface area contributed by atoms with Crippen LogP contribution in [-0.2, 0) is 0 Å². The van der Waals surface area contributed by atoms with Crippen molar-refractivity contribution < 1.29 is 9.90 Å². The summed E-state index contributed by atoms with van der Waals surface area (Å²) < 4.78 is 0. The molecule has 0 aromatic carbocycles. The third kappa shape index (κ3) is 3.33. The van der Waals surface area contributed by atoms with Gasteiger partial charge in [0.2, 0.25) is 0 Å². The molecule has 2 aromatic rings. The van der Waals surface area contributed by atoms with Crippen molar-refractivity contribution in [3.05, 3.63) is 27.4 Å². The van der Waals surface area contributed by atoms with Crippen molar-refractivity contribution in [2.75, 3.05) is 0 Å². The van der Waals surface area contributed by atoms with Crippen LogP contribution in [-0.4, -0.2) is 27.1 Å². The fraction of sp³-hybridized carbons (Fsp3) is 0.467. The van der Waals surface area contributed by atoms with Crippen LogP contribution in [0.15, 0.2) is 16.8 Å². The maximum Gasteiger partial charge on any atom is 0.263 e. The molecular formula is C15H20N2O2S2. The number of amides is 1. The number of thiazole rings is 1. The molecule has 21 heavy (non-hydrogen) atoms. The maximum absolute atomic E-state index is 12.5. The molecule has 1 amide bonds. The molecule has 0 aliphatic rings. The normalized spacial score (nSPS) is 12.5. The number of rotatable bonds is 4. The first-order valence-electron chi connectivity index (χ1n) is 6.67. The molecule has 0 spiro atoms. The predicted molar refractivity (Wildman–Crippen MR) is 88.0 cm³/mol. The fourth-order valence-corrected chi connectivity index (χ4v) is 3.28. The standard InChI is InChI=1S/C15H20N2O2S2/c1-9-11(12(18)17-14(2,3)15(4,5)19)21-13(16-9)10-6-7-20-8-10/h6-8,19H,1-5H3,(H,17,18). The van der Waals surface area contributed by atoms with E-state index in [-0.39, 0.29) is 5.91 Å². The minimum Gasteiger partial charge on any atom is -0.388 e. The fourth-order valence-electron chi connectivity index (χ4n) is 1.61. The number of nitrogens with one attached hydrogen (secondary N) is 1. The van der Waals surface area contributed by atoms with Gasteiger partial charge < -0.3 is 10.4 Å². The van der Waals surface area contributed by atoms with Crippen LogP contribution in [0.5, 0.6) is 0 Å². The average Bonchev–Trinajstić information content (AvgIpc) is 2.94. The van der Waals surface area contributed by atoms with Gasteiger partial charge >= 0.3 is 0 Å². The Labute approximate surface area is 132 Å². The zero-order chi connectivity index (χ0) is 15.8. The molecule has 4 nitrogen and oxygen atoms in total. The molecule has 0 radical (unpaired) electrons. The van der Waals surface area contributed by atoms with Crippen LogP contribution in [0.25, 0.3) is 10.6 Å². The van der Waals surface area contributed by atoms with E-state index < -0.39 is 11.1 Å². The van der Waals surface area contributed by atoms with Crippen LogP contribution < -0.4 is 5.32 Å². The molecule has 2 heterocycles. The minimum absolute atomic E-state index is 0.196. The summed E-state index contributed by atoms with van der Waals surface area (Å²) in [5.74, 6) is -0.196. The summed E-state index contributed by atoms with van der Waals surface area (Å²) in [5, 5.41) is 17.9. The summed E-state index contributed by atoms with van der Waals surface area (Å²) in [4.78, 5) is 17.5. The van der Waals surface area contributed by atoms with E-state index in [9.17, 15) is 9.90 Å². The summed E-state index contributed by atoms with van der Waals surface area (Å²) in [6, 6.07) is 1.99. The molecule has 2 N–H and O–H groups in total. The largest absolute Gasteiger partial charge is 0.388 e. The monoisotopic (exact) mass is 324 g/mol. The van der Waals surface area contributed by atoms with Crippen LogP contribution in [0.4, 0.5) is 0 Å². The van der Waals surface area contributed by atoms with E-state index in [2.05, 4.69) is 10.3 Å². The molecule has 0 saturated heterocycles. The molecule has 0 aliphatic carbocycles. The van der Waals surface area contributed by atoms with Crippen LogP contribution in [0.2, 0.25) is 0 Å². The van der Waals surface area contributed by atoms with Crippen LogP contribution in [0, 0.1) is 6.92 Å². The first-order valence-corrected chi connectivity index (χ1v) is 8.42. The lowest BCUT2D eigenvalue weighted by atomic mass is 9.86. The van der Waals surface area contributed by atoms with E-state index in [1.165, 1.54) is 11.3 Å². The van der Waals surface area contributed by atoms with Crippen LogP contribution >= 0.6 is 22.7 Å². The van der Waals surface area contributed by atoms with Crippen molar-refractivity contribution in [1.82, 2.24) is 10.3 Å². The molecule has 0 bridgehead atoms. The molecule has 0 aliphatic heterocycles. The van der Waals surface area contributed by atoms with E-state index in [0.717, 1.165) is 10.6 Å². The Morgan fingerprint density at radius 3 is 2.52 bits per heavy atom. The summed E-state index contributed by atoms with van der Waals surface area (Å²) in [7, 11) is 0. The lowest BCUT2D eigenvalue weighted by molar-refractivity contribution is -0.00286. The van der Waals surface area contributed by atoms with Crippen molar-refractivity contribution in [3.8, 4) is 10.6 Å². The number of aryl methyl sites for hydroxylation is 1. The van der Waals surface area contributed by atoms with Gasteiger partial charge in [-0.15, -0.1) is 11.3 Å². The van der Waals surface area contributed by atoms with Crippen molar-refractivity contribution in [2.24, 2.45) is 0 Å². The minimum atomic E-state index is -1.02. The van der Waals surface area contributed by atoms with E-state index >= 15 is 0 Å². The highest BCUT2D eigenvalue weighted by Gasteiger charge is 2.37. The molecule has 114 valence electrons. The van der Waals surface area contributed by atoms with Gasteiger partial charge in [0, 0.05) is 10.9 Å². The first kappa shape index (κ1) is 16.1. The Kier molecular flexibility index (Phi) is 4.24. The number of nitrogens with zero attached hydrogens (tertiary/aromatic N) is 1. The van der Waals surface area contributed by atoms with E-state index in [4.69, 9.17) is 0 Å². The average molecular weight is 324 g/mol. The summed E-state index contributed by atoms with van der Waals surface area (Å²) >= 11 is 2.98. The Bertz CT molecular complexity index is 637. The summed E-state index contributed by atoms with van der Waals surface area (Å²) in [6.45, 7) is 8.81. The SMILES string of the molecule is Cc1nc(-c2ccsc2)sc1C(=O)NC(C)(C)C(C)(C)O. The Morgan fingerprint density at radius 2 is 2.00 bits per heavy atom. The zero-order valence-electron chi connectivity index (χ0n) is 12.9. The van der Waals surface area contributed by atoms with Crippen molar-refractivity contribution in [2.45, 2.75) is 45.8 Å². The Morgan fingerprint density at radius 1 is 1.33 bits per heavy atom. The predicted octanol–water partition coefficient (Wildman–Crippen LogP) is 3.46. The van der Waals surface area contributed by atoms with E-state index in [1.54, 1.807) is 39.0 Å². The second kappa shape index (κ2) is 5.51. The Balaban J connectivity index is 2.25. The maximum atomic E-state index is 12.5. The van der Waals surface area contributed by atoms with Crippen LogP contribution in [0.1, 0.15) is 43.1 Å². The number of hydrogen-bond donors (Lipinski definition) is 2. The number of hydrogen-bond acceptors (Lipinski definition) is 5. The summed E-state index contributed by atoms with van der Waals surface area (Å²) in [6.07, 6.45) is 0. The second-order valence-electron chi connectivity index (χ2n) is 6.08. The molecule has 0 fully saturated rings. The quantitative estimate of drug-likeness (QED) is 0.905. The highest BCUT2D eigenvalue weighted by Crippen LogP contribution is 2.30. The number of carbonyl (C=O) groups excluding carboxylic acids is 1. The van der Waals surface area contributed by atoms with Gasteiger partial charge in [-0.2, -0.15) is 11.3 Å². The van der Waals surface area contributed by atoms with Crippen molar-refractivity contribution >= 4 is 28.6 Å². The van der Waals surface area contributed by atoms with Gasteiger partial charge in [-0.05, 0) is 46.1 Å². The van der Waals surface area contributed by atoms with E-state index in [0.29, 0.717) is 10.6 Å². The van der Waals surface area contributed by atoms with Crippen molar-refractivity contribution in [1.29, 1.82) is 0 Å². The van der Waals surface area contributed by atoms with Gasteiger partial charge in [-0.3, -0.25) is 4.79 Å². The van der Waals surface area contributed by atoms with Crippen LogP contribution in [0.3, 0.4) is 0 Å². The number of thiophene rings is 1. The summed E-state index contributed by atoms with van der Waals surface area (Å²) in [5.41, 5.74) is -0.000298. The van der Waals surface area contributed by atoms with E-state index in [1.807, 2.05) is 23.8 Å². The third-order valence-electron chi connectivity index (χ3n) is 3.73. The van der Waals surface area contributed by atoms with Gasteiger partial charge in [-0.1, -0.05) is 0 Å². The van der Waals surface area contributed by atoms with Gasteiger partial charge in [-0.25, -0.2) is 4.98 Å². The molecule has 0 saturated carbocycles. The second-order valence-corrected chi connectivity index (χ2v) is 7.86. The first-order chi connectivity index (χ1) is 9.62. The highest BCUT2D eigenvalue weighted by molar-refractivity contribution is 7.17. The molecule has 2 rings (SSSR count). The molecule has 6 heteroatoms. The topological polar surface area (TPSA) is 62.2 Å². The highest BCUT2D eigenvalue weighted by atomic mass is 32.1. The van der Waals surface area contributed by atoms with Gasteiger partial charge in [0.1, 0.15) is 9.88 Å². The van der Waals surface area contributed by atoms with Crippen molar-refractivity contribution in [3.63, 3.8) is 0 Å². The van der Waals surface area contributed by atoms with Gasteiger partial charge in [0.25, 0.3) is 5.91 Å². The number of aliphatic hydroxyl groups is 1. The van der Waals surface area contributed by atoms with Gasteiger partial charge in [0.05, 0.1) is 16.8 Å². The molecule has 0 unspecified atom stereocenters. The third-order valence-corrected chi connectivity index (χ3v) is 5.61. The smallest absolute Gasteiger partial charge is 0.263 e. The number of carbonyl (C=O) groups is 1. The zero-order valence-corrected chi connectivity index (χ0v) is 14.5. The lowest BCUT2D eigenvalue weighted by Gasteiger charge is -2.37. The molecular weight excluding hydrogens is 304 g/mol. The molecule has 2 aromatic heterocycles. The Hall–Kier alpha value is -1.24. The number of aromatic nitrogens is 1. The molecule has 0 atom stereocenters. The van der Waals surface area contributed by atoms with Gasteiger partial charge in [0.15, 0.2) is 0 Å². The lowest BCUT2D eigenvalue weighted by Crippen LogP contribution is -2.57.